The van der Waals surface area contributed by atoms with Crippen LogP contribution < -0.4 is 10.1 Å². The van der Waals surface area contributed by atoms with Crippen LogP contribution in [0.5, 0.6) is 5.75 Å². The van der Waals surface area contributed by atoms with Crippen molar-refractivity contribution in [3.8, 4) is 5.75 Å². The van der Waals surface area contributed by atoms with Crippen molar-refractivity contribution in [2.75, 3.05) is 41.0 Å². The van der Waals surface area contributed by atoms with Crippen LogP contribution in [0, 0.1) is 0 Å². The molecule has 0 atom stereocenters. The highest BCUT2D eigenvalue weighted by atomic mass is 32.2. The number of nitrogens with zero attached hydrogens (tertiary/aromatic N) is 1. The Hall–Kier alpha value is -1.15. The number of benzene rings is 1. The standard InChI is InChI=1S/C18H30N2O4S/c1-20(2)25(21,22)17-8-6-16(7-9-17)24-15-13-19-18(12-14-23-3)10-4-5-11-18/h6-9,19H,4-5,10-15H2,1-3H3. The molecule has 0 radical (unpaired) electrons. The highest BCUT2D eigenvalue weighted by Gasteiger charge is 2.32. The molecular formula is C18H30N2O4S. The molecule has 1 aromatic carbocycles. The molecule has 1 aromatic rings. The van der Waals surface area contributed by atoms with Crippen LogP contribution in [0.3, 0.4) is 0 Å². The van der Waals surface area contributed by atoms with Gasteiger partial charge in [0.05, 0.1) is 4.90 Å². The van der Waals surface area contributed by atoms with E-state index < -0.39 is 10.0 Å². The number of nitrogens with one attached hydrogen (secondary N) is 1. The van der Waals surface area contributed by atoms with Gasteiger partial charge in [-0.1, -0.05) is 12.8 Å². The van der Waals surface area contributed by atoms with Crippen molar-refractivity contribution >= 4 is 10.0 Å². The fraction of sp³-hybridized carbons (Fsp3) is 0.667. The van der Waals surface area contributed by atoms with E-state index >= 15 is 0 Å². The van der Waals surface area contributed by atoms with E-state index in [9.17, 15) is 8.42 Å². The van der Waals surface area contributed by atoms with Gasteiger partial charge in [0, 0.05) is 39.9 Å². The Bertz CT molecular complexity index is 623. The zero-order chi connectivity index (χ0) is 18.3. The summed E-state index contributed by atoms with van der Waals surface area (Å²) in [5, 5.41) is 3.64. The molecule has 0 heterocycles. The minimum Gasteiger partial charge on any atom is -0.492 e. The van der Waals surface area contributed by atoms with E-state index in [2.05, 4.69) is 5.32 Å². The monoisotopic (exact) mass is 370 g/mol. The van der Waals surface area contributed by atoms with Crippen molar-refractivity contribution in [1.29, 1.82) is 0 Å². The molecule has 0 amide bonds. The van der Waals surface area contributed by atoms with E-state index in [0.29, 0.717) is 12.4 Å². The van der Waals surface area contributed by atoms with Gasteiger partial charge >= 0.3 is 0 Å². The predicted octanol–water partition coefficient (Wildman–Crippen LogP) is 2.25. The summed E-state index contributed by atoms with van der Waals surface area (Å²) in [5.74, 6) is 0.678. The molecule has 6 nitrogen and oxygen atoms in total. The number of methoxy groups -OCH3 is 1. The number of hydrogen-bond donors (Lipinski definition) is 1. The maximum atomic E-state index is 12.0. The summed E-state index contributed by atoms with van der Waals surface area (Å²) in [6.45, 7) is 2.09. The molecule has 142 valence electrons. The molecule has 0 saturated heterocycles. The summed E-state index contributed by atoms with van der Waals surface area (Å²) in [6, 6.07) is 6.56. The van der Waals surface area contributed by atoms with Gasteiger partial charge in [0.1, 0.15) is 12.4 Å². The molecule has 1 N–H and O–H groups in total. The first kappa shape index (κ1) is 20.2. The number of hydrogen-bond acceptors (Lipinski definition) is 5. The van der Waals surface area contributed by atoms with Gasteiger partial charge in [-0.25, -0.2) is 12.7 Å². The third-order valence-corrected chi connectivity index (χ3v) is 6.65. The van der Waals surface area contributed by atoms with E-state index in [1.165, 1.54) is 44.1 Å². The summed E-state index contributed by atoms with van der Waals surface area (Å²) in [5.41, 5.74) is 0.184. The molecule has 0 bridgehead atoms. The highest BCUT2D eigenvalue weighted by Crippen LogP contribution is 2.32. The Balaban J connectivity index is 1.82. The average Bonchev–Trinajstić information content (AvgIpc) is 3.06. The lowest BCUT2D eigenvalue weighted by Crippen LogP contribution is -2.45. The lowest BCUT2D eigenvalue weighted by Gasteiger charge is -2.30. The van der Waals surface area contributed by atoms with Crippen LogP contribution in [0.4, 0.5) is 0 Å². The lowest BCUT2D eigenvalue weighted by molar-refractivity contribution is 0.151. The van der Waals surface area contributed by atoms with Gasteiger partial charge in [-0.2, -0.15) is 0 Å². The van der Waals surface area contributed by atoms with Crippen LogP contribution in [0.2, 0.25) is 0 Å². The van der Waals surface area contributed by atoms with E-state index in [0.717, 1.165) is 19.6 Å². The summed E-state index contributed by atoms with van der Waals surface area (Å²) in [7, 11) is 1.39. The van der Waals surface area contributed by atoms with Crippen molar-refractivity contribution in [3.63, 3.8) is 0 Å². The summed E-state index contributed by atoms with van der Waals surface area (Å²) < 4.78 is 36.3. The van der Waals surface area contributed by atoms with Gasteiger partial charge in [-0.05, 0) is 43.5 Å². The molecule has 1 fully saturated rings. The molecular weight excluding hydrogens is 340 g/mol. The Morgan fingerprint density at radius 2 is 1.76 bits per heavy atom. The van der Waals surface area contributed by atoms with Crippen molar-refractivity contribution in [2.24, 2.45) is 0 Å². The van der Waals surface area contributed by atoms with Crippen molar-refractivity contribution < 1.29 is 17.9 Å². The average molecular weight is 371 g/mol. The first-order valence-electron chi connectivity index (χ1n) is 8.79. The van der Waals surface area contributed by atoms with E-state index in [1.807, 2.05) is 0 Å². The maximum Gasteiger partial charge on any atom is 0.242 e. The Morgan fingerprint density at radius 1 is 1.12 bits per heavy atom. The molecule has 25 heavy (non-hydrogen) atoms. The van der Waals surface area contributed by atoms with Crippen LogP contribution in [-0.4, -0.2) is 59.2 Å². The second kappa shape index (κ2) is 8.98. The fourth-order valence-electron chi connectivity index (χ4n) is 3.27. The van der Waals surface area contributed by atoms with Crippen LogP contribution in [0.15, 0.2) is 29.2 Å². The molecule has 0 aromatic heterocycles. The van der Waals surface area contributed by atoms with Crippen molar-refractivity contribution in [1.82, 2.24) is 9.62 Å². The van der Waals surface area contributed by atoms with Gasteiger partial charge in [0.15, 0.2) is 0 Å². The minimum absolute atomic E-state index is 0.184. The molecule has 0 aliphatic heterocycles. The first-order chi connectivity index (χ1) is 11.9. The molecule has 1 saturated carbocycles. The lowest BCUT2D eigenvalue weighted by atomic mass is 9.93. The normalized spacial score (nSPS) is 17.1. The smallest absolute Gasteiger partial charge is 0.242 e. The highest BCUT2D eigenvalue weighted by molar-refractivity contribution is 7.89. The Kier molecular flexibility index (Phi) is 7.25. The number of ether oxygens (including phenoxy) is 2. The molecule has 2 rings (SSSR count). The van der Waals surface area contributed by atoms with Crippen molar-refractivity contribution in [2.45, 2.75) is 42.5 Å². The van der Waals surface area contributed by atoms with Crippen LogP contribution in [0.1, 0.15) is 32.1 Å². The minimum atomic E-state index is -3.39. The Morgan fingerprint density at radius 3 is 2.32 bits per heavy atom. The summed E-state index contributed by atoms with van der Waals surface area (Å²) >= 11 is 0. The third kappa shape index (κ3) is 5.41. The topological polar surface area (TPSA) is 67.9 Å². The number of rotatable bonds is 10. The fourth-order valence-corrected chi connectivity index (χ4v) is 4.17. The van der Waals surface area contributed by atoms with Gasteiger partial charge in [-0.15, -0.1) is 0 Å². The van der Waals surface area contributed by atoms with Crippen LogP contribution in [0.25, 0.3) is 0 Å². The van der Waals surface area contributed by atoms with Crippen LogP contribution in [-0.2, 0) is 14.8 Å². The summed E-state index contributed by atoms with van der Waals surface area (Å²) in [6.07, 6.45) is 5.93. The first-order valence-corrected chi connectivity index (χ1v) is 10.2. The van der Waals surface area contributed by atoms with E-state index in [4.69, 9.17) is 9.47 Å². The van der Waals surface area contributed by atoms with E-state index in [-0.39, 0.29) is 10.4 Å². The molecule has 1 aliphatic carbocycles. The van der Waals surface area contributed by atoms with Gasteiger partial charge in [-0.3, -0.25) is 0 Å². The molecule has 0 unspecified atom stereocenters. The van der Waals surface area contributed by atoms with Crippen molar-refractivity contribution in [3.05, 3.63) is 24.3 Å². The molecule has 7 heteroatoms. The zero-order valence-corrected chi connectivity index (χ0v) is 16.3. The van der Waals surface area contributed by atoms with Gasteiger partial charge in [0.25, 0.3) is 0 Å². The third-order valence-electron chi connectivity index (χ3n) is 4.82. The zero-order valence-electron chi connectivity index (χ0n) is 15.5. The quantitative estimate of drug-likeness (QED) is 0.640. The van der Waals surface area contributed by atoms with Crippen LogP contribution >= 0.6 is 0 Å². The molecule has 0 spiro atoms. The van der Waals surface area contributed by atoms with Gasteiger partial charge < -0.3 is 14.8 Å². The summed E-state index contributed by atoms with van der Waals surface area (Å²) in [4.78, 5) is 0.271. The Labute approximate surface area is 151 Å². The van der Waals surface area contributed by atoms with E-state index in [1.54, 1.807) is 31.4 Å². The second-order valence-electron chi connectivity index (χ2n) is 6.76. The SMILES string of the molecule is COCCC1(NCCOc2ccc(S(=O)(=O)N(C)C)cc2)CCCC1. The largest absolute Gasteiger partial charge is 0.492 e. The maximum absolute atomic E-state index is 12.0. The van der Waals surface area contributed by atoms with Gasteiger partial charge in [0.2, 0.25) is 10.0 Å². The predicted molar refractivity (Wildman–Crippen MR) is 98.5 cm³/mol. The second-order valence-corrected chi connectivity index (χ2v) is 8.92. The molecule has 1 aliphatic rings. The number of sulfonamides is 1.